The van der Waals surface area contributed by atoms with Crippen molar-refractivity contribution in [3.63, 3.8) is 0 Å². The van der Waals surface area contributed by atoms with E-state index in [1.165, 1.54) is 4.88 Å². The second-order valence-electron chi connectivity index (χ2n) is 5.46. The van der Waals surface area contributed by atoms with Gasteiger partial charge in [-0.3, -0.25) is 0 Å². The van der Waals surface area contributed by atoms with Crippen LogP contribution in [-0.4, -0.2) is 37.1 Å². The van der Waals surface area contributed by atoms with Gasteiger partial charge in [0, 0.05) is 16.5 Å². The maximum Gasteiger partial charge on any atom is 0.0931 e. The van der Waals surface area contributed by atoms with E-state index >= 15 is 0 Å². The van der Waals surface area contributed by atoms with E-state index in [9.17, 15) is 0 Å². The summed E-state index contributed by atoms with van der Waals surface area (Å²) in [6.07, 6.45) is 2.19. The Kier molecular flexibility index (Phi) is 6.12. The first-order chi connectivity index (χ1) is 8.37. The molecule has 0 aliphatic rings. The fraction of sp³-hybridized carbons (Fsp3) is 0.714. The standard InChI is InChI=1S/C14H25ClN2S/c1-6-9-16-12(14(2,3)17(4)5)10-11-7-8-13(15)18-11/h7-8,12,16H,6,9-10H2,1-5H3. The Labute approximate surface area is 120 Å². The molecule has 4 heteroatoms. The molecule has 18 heavy (non-hydrogen) atoms. The van der Waals surface area contributed by atoms with Crippen LogP contribution in [0.15, 0.2) is 12.1 Å². The predicted octanol–water partition coefficient (Wildman–Crippen LogP) is 3.65. The molecule has 0 aromatic carbocycles. The van der Waals surface area contributed by atoms with Crippen molar-refractivity contribution in [1.82, 2.24) is 10.2 Å². The van der Waals surface area contributed by atoms with Crippen LogP contribution >= 0.6 is 22.9 Å². The molecule has 1 heterocycles. The summed E-state index contributed by atoms with van der Waals surface area (Å²) in [6, 6.07) is 4.56. The SMILES string of the molecule is CCCNC(Cc1ccc(Cl)s1)C(C)(C)N(C)C. The molecule has 0 radical (unpaired) electrons. The molecule has 0 aliphatic carbocycles. The van der Waals surface area contributed by atoms with E-state index in [-0.39, 0.29) is 5.54 Å². The Morgan fingerprint density at radius 3 is 2.50 bits per heavy atom. The van der Waals surface area contributed by atoms with E-state index in [4.69, 9.17) is 11.6 Å². The lowest BCUT2D eigenvalue weighted by Crippen LogP contribution is -2.56. The Bertz CT molecular complexity index is 360. The minimum absolute atomic E-state index is 0.117. The summed E-state index contributed by atoms with van der Waals surface area (Å²) >= 11 is 7.70. The average Bonchev–Trinajstić information content (AvgIpc) is 2.69. The molecule has 2 nitrogen and oxygen atoms in total. The highest BCUT2D eigenvalue weighted by molar-refractivity contribution is 7.16. The van der Waals surface area contributed by atoms with Crippen molar-refractivity contribution in [2.45, 2.75) is 45.2 Å². The lowest BCUT2D eigenvalue weighted by Gasteiger charge is -2.40. The summed E-state index contributed by atoms with van der Waals surface area (Å²) in [7, 11) is 4.28. The highest BCUT2D eigenvalue weighted by atomic mass is 35.5. The molecule has 0 bridgehead atoms. The third kappa shape index (κ3) is 4.23. The molecule has 0 saturated heterocycles. The topological polar surface area (TPSA) is 15.3 Å². The summed E-state index contributed by atoms with van der Waals surface area (Å²) < 4.78 is 0.877. The van der Waals surface area contributed by atoms with Gasteiger partial charge >= 0.3 is 0 Å². The molecule has 1 aromatic heterocycles. The summed E-state index contributed by atoms with van der Waals surface area (Å²) in [4.78, 5) is 3.64. The van der Waals surface area contributed by atoms with Crippen LogP contribution in [0.1, 0.15) is 32.1 Å². The van der Waals surface area contributed by atoms with Gasteiger partial charge in [0.1, 0.15) is 0 Å². The van der Waals surface area contributed by atoms with E-state index in [1.807, 2.05) is 6.07 Å². The first-order valence-corrected chi connectivity index (χ1v) is 7.72. The molecule has 0 amide bonds. The second kappa shape index (κ2) is 6.90. The monoisotopic (exact) mass is 288 g/mol. The van der Waals surface area contributed by atoms with Crippen LogP contribution in [0.4, 0.5) is 0 Å². The van der Waals surface area contributed by atoms with Crippen LogP contribution in [0.2, 0.25) is 4.34 Å². The Morgan fingerprint density at radius 1 is 1.39 bits per heavy atom. The van der Waals surface area contributed by atoms with Crippen molar-refractivity contribution < 1.29 is 0 Å². The van der Waals surface area contributed by atoms with Crippen molar-refractivity contribution in [1.29, 1.82) is 0 Å². The van der Waals surface area contributed by atoms with Gasteiger partial charge in [0.25, 0.3) is 0 Å². The van der Waals surface area contributed by atoms with Gasteiger partial charge in [-0.15, -0.1) is 11.3 Å². The second-order valence-corrected chi connectivity index (χ2v) is 7.26. The van der Waals surface area contributed by atoms with E-state index in [0.29, 0.717) is 6.04 Å². The largest absolute Gasteiger partial charge is 0.312 e. The van der Waals surface area contributed by atoms with Gasteiger partial charge in [0.05, 0.1) is 4.34 Å². The Hall–Kier alpha value is -0.0900. The number of rotatable bonds is 7. The van der Waals surface area contributed by atoms with Crippen LogP contribution in [0.25, 0.3) is 0 Å². The lowest BCUT2D eigenvalue weighted by atomic mass is 9.90. The molecular formula is C14H25ClN2S. The average molecular weight is 289 g/mol. The third-order valence-corrected chi connectivity index (χ3v) is 4.93. The van der Waals surface area contributed by atoms with Gasteiger partial charge in [-0.25, -0.2) is 0 Å². The van der Waals surface area contributed by atoms with Gasteiger partial charge in [-0.1, -0.05) is 18.5 Å². The van der Waals surface area contributed by atoms with Gasteiger partial charge in [0.15, 0.2) is 0 Å². The normalized spacial score (nSPS) is 14.2. The van der Waals surface area contributed by atoms with Crippen LogP contribution in [0.5, 0.6) is 0 Å². The van der Waals surface area contributed by atoms with Crippen molar-refractivity contribution in [2.75, 3.05) is 20.6 Å². The molecule has 1 unspecified atom stereocenters. The number of likely N-dealkylation sites (N-methyl/N-ethyl adjacent to an activating group) is 1. The Morgan fingerprint density at radius 2 is 2.06 bits per heavy atom. The molecule has 104 valence electrons. The molecule has 1 rings (SSSR count). The number of hydrogen-bond donors (Lipinski definition) is 1. The van der Waals surface area contributed by atoms with Crippen molar-refractivity contribution in [3.8, 4) is 0 Å². The maximum atomic E-state index is 6.01. The van der Waals surface area contributed by atoms with E-state index < -0.39 is 0 Å². The van der Waals surface area contributed by atoms with Crippen molar-refractivity contribution >= 4 is 22.9 Å². The van der Waals surface area contributed by atoms with E-state index in [0.717, 1.165) is 23.7 Å². The fourth-order valence-corrected chi connectivity index (χ4v) is 3.00. The van der Waals surface area contributed by atoms with Gasteiger partial charge < -0.3 is 10.2 Å². The fourth-order valence-electron chi connectivity index (χ4n) is 1.86. The third-order valence-electron chi connectivity index (χ3n) is 3.68. The maximum absolute atomic E-state index is 6.01. The summed E-state index contributed by atoms with van der Waals surface area (Å²) in [5.74, 6) is 0. The summed E-state index contributed by atoms with van der Waals surface area (Å²) in [6.45, 7) is 7.83. The molecule has 1 aromatic rings. The number of nitrogens with one attached hydrogen (secondary N) is 1. The quantitative estimate of drug-likeness (QED) is 0.824. The van der Waals surface area contributed by atoms with Gasteiger partial charge in [-0.05, 0) is 59.5 Å². The molecule has 1 N–H and O–H groups in total. The van der Waals surface area contributed by atoms with Crippen LogP contribution < -0.4 is 5.32 Å². The number of halogens is 1. The first kappa shape index (κ1) is 16.0. The number of hydrogen-bond acceptors (Lipinski definition) is 3. The molecule has 0 saturated carbocycles. The number of nitrogens with zero attached hydrogens (tertiary/aromatic N) is 1. The lowest BCUT2D eigenvalue weighted by molar-refractivity contribution is 0.137. The zero-order valence-electron chi connectivity index (χ0n) is 12.1. The summed E-state index contributed by atoms with van der Waals surface area (Å²) in [5.41, 5.74) is 0.117. The predicted molar refractivity (Wildman–Crippen MR) is 82.9 cm³/mol. The van der Waals surface area contributed by atoms with Gasteiger partial charge in [-0.2, -0.15) is 0 Å². The molecule has 0 aliphatic heterocycles. The zero-order chi connectivity index (χ0) is 13.8. The first-order valence-electron chi connectivity index (χ1n) is 6.53. The summed E-state index contributed by atoms with van der Waals surface area (Å²) in [5, 5.41) is 3.67. The minimum Gasteiger partial charge on any atom is -0.312 e. The molecule has 0 spiro atoms. The smallest absolute Gasteiger partial charge is 0.0931 e. The van der Waals surface area contributed by atoms with E-state index in [2.05, 4.69) is 51.1 Å². The number of thiophene rings is 1. The molecule has 0 fully saturated rings. The van der Waals surface area contributed by atoms with Crippen molar-refractivity contribution in [2.24, 2.45) is 0 Å². The zero-order valence-corrected chi connectivity index (χ0v) is 13.7. The molecular weight excluding hydrogens is 264 g/mol. The highest BCUT2D eigenvalue weighted by Crippen LogP contribution is 2.26. The van der Waals surface area contributed by atoms with Crippen LogP contribution in [-0.2, 0) is 6.42 Å². The van der Waals surface area contributed by atoms with Gasteiger partial charge in [0.2, 0.25) is 0 Å². The minimum atomic E-state index is 0.117. The van der Waals surface area contributed by atoms with Crippen LogP contribution in [0.3, 0.4) is 0 Å². The Balaban J connectivity index is 2.78. The van der Waals surface area contributed by atoms with Crippen molar-refractivity contribution in [3.05, 3.63) is 21.3 Å². The van der Waals surface area contributed by atoms with Crippen LogP contribution in [0, 0.1) is 0 Å². The van der Waals surface area contributed by atoms with E-state index in [1.54, 1.807) is 11.3 Å². The highest BCUT2D eigenvalue weighted by Gasteiger charge is 2.31. The molecule has 1 atom stereocenters.